The Kier molecular flexibility index (Phi) is 4.94. The van der Waals surface area contributed by atoms with Crippen LogP contribution in [0.25, 0.3) is 11.2 Å². The first-order chi connectivity index (χ1) is 12.4. The molecule has 2 aromatic heterocycles. The molecule has 0 spiro atoms. The lowest BCUT2D eigenvalue weighted by molar-refractivity contribution is 0.0495. The number of fused-ring (bicyclic) bond motifs is 1. The van der Waals surface area contributed by atoms with Gasteiger partial charge < -0.3 is 9.30 Å². The van der Waals surface area contributed by atoms with E-state index in [1.807, 2.05) is 0 Å². The Morgan fingerprint density at radius 3 is 2.58 bits per heavy atom. The summed E-state index contributed by atoms with van der Waals surface area (Å²) in [6, 6.07) is 6.34. The fraction of sp³-hybridized carbons (Fsp3) is 0.294. The van der Waals surface area contributed by atoms with Crippen LogP contribution in [-0.4, -0.2) is 31.3 Å². The van der Waals surface area contributed by atoms with Crippen LogP contribution in [0.1, 0.15) is 16.8 Å². The van der Waals surface area contributed by atoms with Crippen LogP contribution in [0.5, 0.6) is 0 Å². The molecule has 26 heavy (non-hydrogen) atoms. The molecule has 3 aromatic rings. The summed E-state index contributed by atoms with van der Waals surface area (Å²) >= 11 is 5.78. The van der Waals surface area contributed by atoms with Gasteiger partial charge in [0.15, 0.2) is 11.2 Å². The van der Waals surface area contributed by atoms with Crippen molar-refractivity contribution in [3.05, 3.63) is 62.0 Å². The van der Waals surface area contributed by atoms with E-state index in [0.29, 0.717) is 28.2 Å². The Balaban J connectivity index is 1.70. The zero-order valence-corrected chi connectivity index (χ0v) is 15.1. The molecule has 0 saturated heterocycles. The Bertz CT molecular complexity index is 1080. The monoisotopic (exact) mass is 376 g/mol. The van der Waals surface area contributed by atoms with E-state index < -0.39 is 17.2 Å². The van der Waals surface area contributed by atoms with Crippen molar-refractivity contribution in [3.63, 3.8) is 0 Å². The second-order valence-corrected chi connectivity index (χ2v) is 6.26. The molecule has 8 nitrogen and oxygen atoms in total. The van der Waals surface area contributed by atoms with Crippen molar-refractivity contribution >= 4 is 28.7 Å². The van der Waals surface area contributed by atoms with Crippen LogP contribution < -0.4 is 11.2 Å². The van der Waals surface area contributed by atoms with Gasteiger partial charge in [0.1, 0.15) is 0 Å². The van der Waals surface area contributed by atoms with Gasteiger partial charge in [0, 0.05) is 25.7 Å². The Hall–Kier alpha value is -2.87. The van der Waals surface area contributed by atoms with Crippen molar-refractivity contribution in [3.8, 4) is 0 Å². The number of imidazole rings is 1. The van der Waals surface area contributed by atoms with Crippen molar-refractivity contribution in [2.45, 2.75) is 13.0 Å². The predicted octanol–water partition coefficient (Wildman–Crippen LogP) is 1.33. The van der Waals surface area contributed by atoms with Crippen LogP contribution >= 0.6 is 11.6 Å². The third-order valence-electron chi connectivity index (χ3n) is 4.04. The first-order valence-corrected chi connectivity index (χ1v) is 8.31. The maximum absolute atomic E-state index is 12.5. The number of rotatable bonds is 5. The minimum Gasteiger partial charge on any atom is -0.462 e. The molecule has 0 fully saturated rings. The van der Waals surface area contributed by atoms with Gasteiger partial charge in [-0.2, -0.15) is 0 Å². The molecule has 9 heteroatoms. The second-order valence-electron chi connectivity index (χ2n) is 5.82. The van der Waals surface area contributed by atoms with Gasteiger partial charge in [-0.05, 0) is 30.7 Å². The highest BCUT2D eigenvalue weighted by molar-refractivity contribution is 6.30. The maximum Gasteiger partial charge on any atom is 0.338 e. The maximum atomic E-state index is 12.5. The van der Waals surface area contributed by atoms with Gasteiger partial charge in [0.25, 0.3) is 5.56 Å². The molecule has 0 radical (unpaired) electrons. The molecule has 0 amide bonds. The fourth-order valence-electron chi connectivity index (χ4n) is 2.65. The summed E-state index contributed by atoms with van der Waals surface area (Å²) in [6.45, 7) is 0.223. The van der Waals surface area contributed by atoms with E-state index >= 15 is 0 Å². The van der Waals surface area contributed by atoms with Crippen LogP contribution in [-0.2, 0) is 25.4 Å². The van der Waals surface area contributed by atoms with E-state index in [4.69, 9.17) is 16.3 Å². The number of carbonyl (C=O) groups excluding carboxylic acids is 1. The van der Waals surface area contributed by atoms with Gasteiger partial charge in [0.2, 0.25) is 0 Å². The van der Waals surface area contributed by atoms with Crippen molar-refractivity contribution in [1.29, 1.82) is 0 Å². The summed E-state index contributed by atoms with van der Waals surface area (Å²) in [7, 11) is 3.26. The summed E-state index contributed by atoms with van der Waals surface area (Å²) in [5.41, 5.74) is 0.217. The van der Waals surface area contributed by atoms with Gasteiger partial charge in [-0.25, -0.2) is 14.6 Å². The van der Waals surface area contributed by atoms with Gasteiger partial charge in [0.05, 0.1) is 18.5 Å². The van der Waals surface area contributed by atoms with Gasteiger partial charge >= 0.3 is 11.7 Å². The molecule has 0 N–H and O–H groups in total. The molecule has 0 unspecified atom stereocenters. The molecule has 0 aliphatic carbocycles. The molecule has 2 heterocycles. The largest absolute Gasteiger partial charge is 0.462 e. The number of benzene rings is 1. The zero-order valence-electron chi connectivity index (χ0n) is 14.3. The smallest absolute Gasteiger partial charge is 0.338 e. The van der Waals surface area contributed by atoms with Crippen LogP contribution in [0.4, 0.5) is 0 Å². The second kappa shape index (κ2) is 7.17. The Morgan fingerprint density at radius 1 is 1.19 bits per heavy atom. The molecule has 0 aliphatic heterocycles. The molecule has 136 valence electrons. The van der Waals surface area contributed by atoms with Crippen molar-refractivity contribution in [2.24, 2.45) is 14.1 Å². The molecule has 0 aliphatic rings. The van der Waals surface area contributed by atoms with E-state index in [0.717, 1.165) is 4.57 Å². The third-order valence-corrected chi connectivity index (χ3v) is 4.29. The lowest BCUT2D eigenvalue weighted by Crippen LogP contribution is -2.39. The summed E-state index contributed by atoms with van der Waals surface area (Å²) in [5, 5.41) is 0.530. The van der Waals surface area contributed by atoms with Crippen LogP contribution in [0.3, 0.4) is 0 Å². The molecular formula is C17H17ClN4O4. The van der Waals surface area contributed by atoms with E-state index in [2.05, 4.69) is 4.98 Å². The van der Waals surface area contributed by atoms with Gasteiger partial charge in [-0.3, -0.25) is 13.9 Å². The highest BCUT2D eigenvalue weighted by Gasteiger charge is 2.14. The summed E-state index contributed by atoms with van der Waals surface area (Å²) in [4.78, 5) is 40.9. The van der Waals surface area contributed by atoms with Gasteiger partial charge in [-0.1, -0.05) is 11.6 Å². The number of ether oxygens (including phenoxy) is 1. The van der Waals surface area contributed by atoms with E-state index in [-0.39, 0.29) is 13.2 Å². The van der Waals surface area contributed by atoms with Crippen LogP contribution in [0.2, 0.25) is 5.02 Å². The lowest BCUT2D eigenvalue weighted by atomic mass is 10.2. The van der Waals surface area contributed by atoms with Crippen LogP contribution in [0.15, 0.2) is 40.2 Å². The van der Waals surface area contributed by atoms with E-state index in [9.17, 15) is 14.4 Å². The first-order valence-electron chi connectivity index (χ1n) is 7.93. The minimum atomic E-state index is -0.482. The highest BCUT2D eigenvalue weighted by Crippen LogP contribution is 2.10. The van der Waals surface area contributed by atoms with Crippen molar-refractivity contribution in [2.75, 3.05) is 6.61 Å². The highest BCUT2D eigenvalue weighted by atomic mass is 35.5. The molecule has 3 rings (SSSR count). The number of carbonyl (C=O) groups is 1. The minimum absolute atomic E-state index is 0.0838. The van der Waals surface area contributed by atoms with Gasteiger partial charge in [-0.15, -0.1) is 0 Å². The lowest BCUT2D eigenvalue weighted by Gasteiger charge is -2.09. The number of hydrogen-bond acceptors (Lipinski definition) is 5. The number of halogens is 1. The Labute approximate surface area is 153 Å². The number of nitrogens with zero attached hydrogens (tertiary/aromatic N) is 4. The standard InChI is InChI=1S/C17H17ClN4O4/c1-20-10-19-14-13(20)15(23)22(17(25)21(14)2)8-3-9-26-16(24)11-4-6-12(18)7-5-11/h4-7,10H,3,8-9H2,1-2H3. The first kappa shape index (κ1) is 17.9. The normalized spacial score (nSPS) is 11.0. The Morgan fingerprint density at radius 2 is 1.88 bits per heavy atom. The van der Waals surface area contributed by atoms with Crippen molar-refractivity contribution in [1.82, 2.24) is 18.7 Å². The number of esters is 1. The van der Waals surface area contributed by atoms with Crippen molar-refractivity contribution < 1.29 is 9.53 Å². The molecule has 0 bridgehead atoms. The predicted molar refractivity (Wildman–Crippen MR) is 96.6 cm³/mol. The number of aromatic nitrogens is 4. The van der Waals surface area contributed by atoms with E-state index in [1.54, 1.807) is 42.9 Å². The average molecular weight is 377 g/mol. The zero-order chi connectivity index (χ0) is 18.8. The quantitative estimate of drug-likeness (QED) is 0.495. The molecular weight excluding hydrogens is 360 g/mol. The summed E-state index contributed by atoms with van der Waals surface area (Å²) < 4.78 is 9.20. The third kappa shape index (κ3) is 3.28. The summed E-state index contributed by atoms with van der Waals surface area (Å²) in [5.74, 6) is -0.482. The average Bonchev–Trinajstić information content (AvgIpc) is 3.01. The topological polar surface area (TPSA) is 88.1 Å². The van der Waals surface area contributed by atoms with E-state index in [1.165, 1.54) is 10.9 Å². The number of hydrogen-bond donors (Lipinski definition) is 0. The molecule has 0 atom stereocenters. The van der Waals surface area contributed by atoms with Crippen LogP contribution in [0, 0.1) is 0 Å². The molecule has 0 saturated carbocycles. The summed E-state index contributed by atoms with van der Waals surface area (Å²) in [6.07, 6.45) is 1.82. The fourth-order valence-corrected chi connectivity index (χ4v) is 2.78. The SMILES string of the molecule is Cn1cnc2c1c(=O)n(CCCOC(=O)c1ccc(Cl)cc1)c(=O)n2C. The molecule has 1 aromatic carbocycles. The number of aryl methyl sites for hydroxylation is 2.